The molecule has 3 aromatic rings. The van der Waals surface area contributed by atoms with Crippen LogP contribution in [0.3, 0.4) is 0 Å². The zero-order valence-corrected chi connectivity index (χ0v) is 21.4. The zero-order chi connectivity index (χ0) is 26.7. The lowest BCUT2D eigenvalue weighted by atomic mass is 10.0. The number of rotatable bonds is 7. The van der Waals surface area contributed by atoms with Gasteiger partial charge in [-0.25, -0.2) is 18.3 Å². The predicted molar refractivity (Wildman–Crippen MR) is 137 cm³/mol. The SMILES string of the molecule is CC(C)(C)NC(=O)c1cn(SF)c2ncc(C(=N)c3ccc(F)cc3NCC(=O)N3CCOCC3)nc12. The fourth-order valence-electron chi connectivity index (χ4n) is 3.83. The maximum atomic E-state index is 14.1. The Morgan fingerprint density at radius 1 is 1.22 bits per heavy atom. The van der Waals surface area contributed by atoms with Crippen molar-refractivity contribution in [1.82, 2.24) is 24.2 Å². The molecular formula is C24H27F2N7O3S. The molecule has 37 heavy (non-hydrogen) atoms. The Balaban J connectivity index is 1.64. The Morgan fingerprint density at radius 2 is 1.95 bits per heavy atom. The molecule has 10 nitrogen and oxygen atoms in total. The summed E-state index contributed by atoms with van der Waals surface area (Å²) in [6.45, 7) is 7.22. The summed E-state index contributed by atoms with van der Waals surface area (Å²) in [5.41, 5.74) is 0.294. The van der Waals surface area contributed by atoms with Gasteiger partial charge in [0.1, 0.15) is 17.0 Å². The Kier molecular flexibility index (Phi) is 7.73. The van der Waals surface area contributed by atoms with E-state index in [-0.39, 0.29) is 64.2 Å². The van der Waals surface area contributed by atoms with Gasteiger partial charge in [0, 0.05) is 36.1 Å². The standard InChI is InChI=1S/C24H27F2N7O3S/c1-24(2,3)31-23(35)16-13-33(37-26)22-21(16)30-18(11-29-22)20(27)15-5-4-14(25)10-17(15)28-12-19(34)32-6-8-36-9-7-32/h4-5,10-11,13,27-28H,6-9,12H2,1-3H3,(H,31,35). The Hall–Kier alpha value is -3.58. The van der Waals surface area contributed by atoms with Crippen molar-refractivity contribution in [3.05, 3.63) is 53.2 Å². The number of morpholine rings is 1. The van der Waals surface area contributed by atoms with Crippen LogP contribution in [0.15, 0.2) is 30.6 Å². The van der Waals surface area contributed by atoms with Gasteiger partial charge in [0.25, 0.3) is 5.91 Å². The van der Waals surface area contributed by atoms with E-state index in [1.165, 1.54) is 30.6 Å². The van der Waals surface area contributed by atoms with Crippen LogP contribution in [-0.2, 0) is 9.53 Å². The minimum Gasteiger partial charge on any atom is -0.378 e. The van der Waals surface area contributed by atoms with E-state index in [1.807, 2.05) is 20.8 Å². The third kappa shape index (κ3) is 6.05. The molecule has 13 heteroatoms. The molecule has 2 amide bonds. The molecule has 1 fully saturated rings. The molecule has 0 saturated carbocycles. The van der Waals surface area contributed by atoms with Crippen molar-refractivity contribution in [2.24, 2.45) is 0 Å². The molecule has 2 aromatic heterocycles. The first kappa shape index (κ1) is 26.5. The summed E-state index contributed by atoms with van der Waals surface area (Å²) in [6, 6.07) is 3.80. The normalized spacial score (nSPS) is 14.0. The van der Waals surface area contributed by atoms with Gasteiger partial charge in [-0.2, -0.15) is 0 Å². The summed E-state index contributed by atoms with van der Waals surface area (Å²) in [7, 11) is 0. The molecule has 0 unspecified atom stereocenters. The Bertz CT molecular complexity index is 1350. The second kappa shape index (κ2) is 10.8. The molecule has 1 aromatic carbocycles. The number of halogens is 2. The molecule has 3 heterocycles. The van der Waals surface area contributed by atoms with Crippen LogP contribution in [-0.4, -0.2) is 74.8 Å². The van der Waals surface area contributed by atoms with Crippen molar-refractivity contribution < 1.29 is 22.6 Å². The first-order valence-corrected chi connectivity index (χ1v) is 12.2. The molecule has 4 rings (SSSR count). The highest BCUT2D eigenvalue weighted by Gasteiger charge is 2.24. The van der Waals surface area contributed by atoms with Gasteiger partial charge in [-0.1, -0.05) is 0 Å². The largest absolute Gasteiger partial charge is 0.378 e. The smallest absolute Gasteiger partial charge is 0.255 e. The van der Waals surface area contributed by atoms with E-state index in [1.54, 1.807) is 4.90 Å². The molecule has 0 aliphatic carbocycles. The van der Waals surface area contributed by atoms with Crippen LogP contribution in [0, 0.1) is 11.2 Å². The molecule has 1 saturated heterocycles. The topological polar surface area (TPSA) is 125 Å². The molecule has 3 N–H and O–H groups in total. The van der Waals surface area contributed by atoms with Gasteiger partial charge in [-0.3, -0.25) is 15.0 Å². The van der Waals surface area contributed by atoms with E-state index in [2.05, 4.69) is 20.6 Å². The first-order chi connectivity index (χ1) is 17.6. The van der Waals surface area contributed by atoms with Crippen molar-refractivity contribution >= 4 is 46.7 Å². The summed E-state index contributed by atoms with van der Waals surface area (Å²) >= 11 is -0.125. The number of amides is 2. The zero-order valence-electron chi connectivity index (χ0n) is 20.6. The van der Waals surface area contributed by atoms with Crippen LogP contribution in [0.2, 0.25) is 0 Å². The summed E-state index contributed by atoms with van der Waals surface area (Å²) in [4.78, 5) is 35.7. The summed E-state index contributed by atoms with van der Waals surface area (Å²) in [6.07, 6.45) is 2.58. The van der Waals surface area contributed by atoms with Crippen molar-refractivity contribution in [2.45, 2.75) is 26.3 Å². The number of anilines is 1. The number of ether oxygens (including phenoxy) is 1. The molecule has 0 radical (unpaired) electrons. The van der Waals surface area contributed by atoms with E-state index >= 15 is 0 Å². The number of carbonyl (C=O) groups is 2. The molecular weight excluding hydrogens is 504 g/mol. The number of fused-ring (bicyclic) bond motifs is 1. The van der Waals surface area contributed by atoms with Crippen molar-refractivity contribution in [3.8, 4) is 0 Å². The Morgan fingerprint density at radius 3 is 2.62 bits per heavy atom. The number of carbonyl (C=O) groups excluding carboxylic acids is 2. The van der Waals surface area contributed by atoms with Gasteiger partial charge in [0.15, 0.2) is 18.0 Å². The highest BCUT2D eigenvalue weighted by atomic mass is 32.2. The lowest BCUT2D eigenvalue weighted by Crippen LogP contribution is -2.43. The number of nitrogens with zero attached hydrogens (tertiary/aromatic N) is 4. The van der Waals surface area contributed by atoms with Crippen molar-refractivity contribution in [3.63, 3.8) is 0 Å². The van der Waals surface area contributed by atoms with Gasteiger partial charge in [0.2, 0.25) is 5.91 Å². The fourth-order valence-corrected chi connectivity index (χ4v) is 4.17. The van der Waals surface area contributed by atoms with Crippen LogP contribution in [0.5, 0.6) is 0 Å². The van der Waals surface area contributed by atoms with Gasteiger partial charge in [-0.05, 0) is 39.0 Å². The lowest BCUT2D eigenvalue weighted by Gasteiger charge is -2.27. The monoisotopic (exact) mass is 531 g/mol. The van der Waals surface area contributed by atoms with E-state index in [9.17, 15) is 17.9 Å². The van der Waals surface area contributed by atoms with Crippen LogP contribution in [0.4, 0.5) is 14.0 Å². The van der Waals surface area contributed by atoms with E-state index in [4.69, 9.17) is 10.1 Å². The van der Waals surface area contributed by atoms with Crippen LogP contribution >= 0.6 is 12.3 Å². The van der Waals surface area contributed by atoms with Crippen molar-refractivity contribution in [1.29, 1.82) is 5.41 Å². The number of hydrogen-bond acceptors (Lipinski definition) is 8. The minimum atomic E-state index is -0.544. The molecule has 1 aliphatic heterocycles. The summed E-state index contributed by atoms with van der Waals surface area (Å²) in [5.74, 6) is -1.18. The highest BCUT2D eigenvalue weighted by Crippen LogP contribution is 2.26. The number of nitrogens with one attached hydrogen (secondary N) is 3. The molecule has 0 bridgehead atoms. The maximum absolute atomic E-state index is 14.1. The van der Waals surface area contributed by atoms with Gasteiger partial charge in [0.05, 0.1) is 37.2 Å². The first-order valence-electron chi connectivity index (χ1n) is 11.6. The van der Waals surface area contributed by atoms with Crippen LogP contribution in [0.25, 0.3) is 11.2 Å². The molecule has 196 valence electrons. The molecule has 0 spiro atoms. The lowest BCUT2D eigenvalue weighted by molar-refractivity contribution is -0.133. The van der Waals surface area contributed by atoms with Gasteiger partial charge in [-0.15, -0.1) is 3.89 Å². The third-order valence-electron chi connectivity index (χ3n) is 5.57. The average molecular weight is 532 g/mol. The number of benzene rings is 1. The summed E-state index contributed by atoms with van der Waals surface area (Å²) < 4.78 is 33.9. The van der Waals surface area contributed by atoms with Crippen molar-refractivity contribution in [2.75, 3.05) is 38.2 Å². The average Bonchev–Trinajstić information content (AvgIpc) is 3.24. The maximum Gasteiger partial charge on any atom is 0.255 e. The molecule has 0 atom stereocenters. The van der Waals surface area contributed by atoms with Crippen LogP contribution < -0.4 is 10.6 Å². The van der Waals surface area contributed by atoms with Gasteiger partial charge >= 0.3 is 0 Å². The quantitative estimate of drug-likeness (QED) is 0.400. The highest BCUT2D eigenvalue weighted by molar-refractivity contribution is 7.92. The van der Waals surface area contributed by atoms with E-state index in [0.29, 0.717) is 26.3 Å². The third-order valence-corrected chi connectivity index (χ3v) is 6.00. The van der Waals surface area contributed by atoms with Crippen LogP contribution in [0.1, 0.15) is 42.4 Å². The van der Waals surface area contributed by atoms with E-state index < -0.39 is 17.3 Å². The summed E-state index contributed by atoms with van der Waals surface area (Å²) in [5, 5.41) is 14.5. The van der Waals surface area contributed by atoms with Gasteiger partial charge < -0.3 is 20.3 Å². The second-order valence-electron chi connectivity index (χ2n) is 9.48. The number of hydrogen-bond donors (Lipinski definition) is 3. The number of aromatic nitrogens is 3. The predicted octanol–water partition coefficient (Wildman–Crippen LogP) is 3.17. The minimum absolute atomic E-state index is 0.0908. The second-order valence-corrected chi connectivity index (χ2v) is 10.0. The fraction of sp³-hybridized carbons (Fsp3) is 0.375. The molecule has 1 aliphatic rings. The van der Waals surface area contributed by atoms with E-state index in [0.717, 1.165) is 3.97 Å². The Labute approximate surface area is 216 Å².